The number of fused-ring (bicyclic) bond motifs is 8. The maximum atomic E-state index is 2.64. The predicted octanol–water partition coefficient (Wildman–Crippen LogP) is 13.0. The molecule has 0 aliphatic carbocycles. The highest BCUT2D eigenvalue weighted by Crippen LogP contribution is 2.51. The molecule has 2 heterocycles. The van der Waals surface area contributed by atoms with Gasteiger partial charge in [0.05, 0.1) is 11.4 Å². The summed E-state index contributed by atoms with van der Waals surface area (Å²) in [4.78, 5) is 5.27. The number of hydrogen-bond acceptors (Lipinski definition) is 2. The van der Waals surface area contributed by atoms with Crippen molar-refractivity contribution in [2.45, 2.75) is 52.4 Å². The molecule has 9 aromatic rings. The van der Waals surface area contributed by atoms with E-state index >= 15 is 0 Å². The van der Waals surface area contributed by atoms with Gasteiger partial charge in [0.25, 0.3) is 6.71 Å². The van der Waals surface area contributed by atoms with Crippen LogP contribution in [0.2, 0.25) is 0 Å². The SMILES string of the molecule is CC(C)(C)c1ccc2ccccc2c1N1c2cc3ccccc3cc2B2c3cc4ccccc4cc3N(c3c(C(C)(C)C)ccc4ccccc34)c3cccc1c32. The quantitative estimate of drug-likeness (QED) is 0.163. The molecule has 57 heavy (non-hydrogen) atoms. The maximum absolute atomic E-state index is 2.64. The number of hydrogen-bond donors (Lipinski definition) is 0. The van der Waals surface area contributed by atoms with Gasteiger partial charge >= 0.3 is 0 Å². The summed E-state index contributed by atoms with van der Waals surface area (Å²) >= 11 is 0. The topological polar surface area (TPSA) is 6.48 Å². The molecule has 0 bridgehead atoms. The summed E-state index contributed by atoms with van der Waals surface area (Å²) in [6.07, 6.45) is 0. The van der Waals surface area contributed by atoms with Crippen LogP contribution < -0.4 is 26.2 Å². The van der Waals surface area contributed by atoms with E-state index in [1.165, 1.54) is 105 Å². The van der Waals surface area contributed by atoms with Crippen molar-refractivity contribution in [3.05, 3.63) is 175 Å². The molecule has 0 saturated carbocycles. The summed E-state index contributed by atoms with van der Waals surface area (Å²) in [5, 5.41) is 10.1. The highest BCUT2D eigenvalue weighted by atomic mass is 15.2. The first-order valence-electron chi connectivity index (χ1n) is 20.4. The molecule has 0 unspecified atom stereocenters. The first-order chi connectivity index (χ1) is 27.6. The zero-order chi connectivity index (χ0) is 38.8. The van der Waals surface area contributed by atoms with Crippen molar-refractivity contribution in [2.24, 2.45) is 0 Å². The molecule has 0 atom stereocenters. The van der Waals surface area contributed by atoms with Crippen molar-refractivity contribution >= 4 is 100 Å². The second kappa shape index (κ2) is 12.1. The van der Waals surface area contributed by atoms with E-state index in [2.05, 4.69) is 215 Å². The summed E-state index contributed by atoms with van der Waals surface area (Å²) in [5.41, 5.74) is 14.0. The third-order valence-electron chi connectivity index (χ3n) is 12.6. The molecular weight excluding hydrogens is 687 g/mol. The fourth-order valence-corrected chi connectivity index (χ4v) is 9.99. The van der Waals surface area contributed by atoms with Crippen LogP contribution in [-0.4, -0.2) is 6.71 Å². The summed E-state index contributed by atoms with van der Waals surface area (Å²) in [7, 11) is 0. The Bertz CT molecular complexity index is 2920. The average Bonchev–Trinajstić information content (AvgIpc) is 3.21. The highest BCUT2D eigenvalue weighted by Gasteiger charge is 2.45. The van der Waals surface area contributed by atoms with Crippen molar-refractivity contribution in [2.75, 3.05) is 9.80 Å². The van der Waals surface area contributed by atoms with Gasteiger partial charge in [-0.05, 0) is 94.9 Å². The van der Waals surface area contributed by atoms with Crippen LogP contribution in [0.1, 0.15) is 52.7 Å². The molecule has 0 aromatic heterocycles. The zero-order valence-electron chi connectivity index (χ0n) is 33.6. The molecule has 2 aliphatic heterocycles. The largest absolute Gasteiger partial charge is 0.310 e. The second-order valence-electron chi connectivity index (χ2n) is 18.2. The Labute approximate surface area is 336 Å². The Morgan fingerprint density at radius 1 is 0.351 bits per heavy atom. The van der Waals surface area contributed by atoms with Gasteiger partial charge in [-0.1, -0.05) is 181 Å². The van der Waals surface area contributed by atoms with Crippen molar-refractivity contribution in [3.63, 3.8) is 0 Å². The van der Waals surface area contributed by atoms with Gasteiger partial charge in [0.15, 0.2) is 0 Å². The third kappa shape index (κ3) is 5.04. The molecule has 0 saturated heterocycles. The minimum Gasteiger partial charge on any atom is -0.310 e. The molecule has 0 N–H and O–H groups in total. The van der Waals surface area contributed by atoms with Crippen molar-refractivity contribution in [1.82, 2.24) is 0 Å². The fraction of sp³-hybridized carbons (Fsp3) is 0.148. The fourth-order valence-electron chi connectivity index (χ4n) is 9.99. The van der Waals surface area contributed by atoms with Crippen LogP contribution in [0, 0.1) is 0 Å². The first-order valence-corrected chi connectivity index (χ1v) is 20.4. The van der Waals surface area contributed by atoms with Gasteiger partial charge in [-0.2, -0.15) is 0 Å². The maximum Gasteiger partial charge on any atom is 0.252 e. The summed E-state index contributed by atoms with van der Waals surface area (Å²) in [5.74, 6) is 0. The first kappa shape index (κ1) is 34.0. The van der Waals surface area contributed by atoms with E-state index in [1.54, 1.807) is 0 Å². The normalized spacial score (nSPS) is 13.7. The minimum atomic E-state index is -0.107. The van der Waals surface area contributed by atoms with Crippen LogP contribution in [-0.2, 0) is 10.8 Å². The number of rotatable bonds is 2. The standard InChI is InChI=1S/C54H45BN2/c1-53(2,3)42-28-26-34-16-11-13-22-40(34)51(42)56-46-24-15-25-47-50(46)55(44-30-36-18-7-9-20-38(36)32-48(44)56)45-31-37-19-8-10-21-39(37)33-49(45)57(47)52-41-23-14-12-17-35(41)27-29-43(52)54(4,5)6/h7-33H,1-6H3. The molecule has 3 heteroatoms. The van der Waals surface area contributed by atoms with Crippen LogP contribution in [0.3, 0.4) is 0 Å². The summed E-state index contributed by atoms with van der Waals surface area (Å²) in [6.45, 7) is 14.1. The van der Waals surface area contributed by atoms with E-state index in [9.17, 15) is 0 Å². The Morgan fingerprint density at radius 3 is 1.12 bits per heavy atom. The molecule has 0 radical (unpaired) electrons. The smallest absolute Gasteiger partial charge is 0.252 e. The Hall–Kier alpha value is -6.32. The van der Waals surface area contributed by atoms with Crippen LogP contribution in [0.4, 0.5) is 34.1 Å². The van der Waals surface area contributed by atoms with Crippen molar-refractivity contribution < 1.29 is 0 Å². The molecule has 11 rings (SSSR count). The van der Waals surface area contributed by atoms with E-state index < -0.39 is 0 Å². The summed E-state index contributed by atoms with van der Waals surface area (Å²) in [6, 6.07) is 62.0. The van der Waals surface area contributed by atoms with E-state index in [-0.39, 0.29) is 17.5 Å². The van der Waals surface area contributed by atoms with E-state index in [0.29, 0.717) is 0 Å². The number of anilines is 6. The average molecular weight is 733 g/mol. The minimum absolute atomic E-state index is 0.0176. The van der Waals surface area contributed by atoms with E-state index in [1.807, 2.05) is 0 Å². The molecule has 0 amide bonds. The van der Waals surface area contributed by atoms with Crippen LogP contribution >= 0.6 is 0 Å². The van der Waals surface area contributed by atoms with Crippen LogP contribution in [0.25, 0.3) is 43.1 Å². The lowest BCUT2D eigenvalue weighted by Gasteiger charge is -2.46. The number of benzene rings is 9. The molecular formula is C54H45BN2. The van der Waals surface area contributed by atoms with Gasteiger partial charge in [0.1, 0.15) is 0 Å². The Balaban J connectivity index is 1.33. The molecule has 274 valence electrons. The lowest BCUT2D eigenvalue weighted by molar-refractivity contribution is 0.591. The van der Waals surface area contributed by atoms with Gasteiger partial charge in [-0.3, -0.25) is 0 Å². The number of nitrogens with zero attached hydrogens (tertiary/aromatic N) is 2. The van der Waals surface area contributed by atoms with Gasteiger partial charge in [-0.15, -0.1) is 0 Å². The monoisotopic (exact) mass is 732 g/mol. The van der Waals surface area contributed by atoms with Gasteiger partial charge in [-0.25, -0.2) is 0 Å². The Kier molecular flexibility index (Phi) is 7.21. The second-order valence-corrected chi connectivity index (χ2v) is 18.2. The van der Waals surface area contributed by atoms with E-state index in [4.69, 9.17) is 0 Å². The molecule has 2 aliphatic rings. The van der Waals surface area contributed by atoms with Crippen molar-refractivity contribution in [3.8, 4) is 0 Å². The highest BCUT2D eigenvalue weighted by molar-refractivity contribution is 7.00. The van der Waals surface area contributed by atoms with Crippen LogP contribution in [0.15, 0.2) is 164 Å². The lowest BCUT2D eigenvalue weighted by atomic mass is 9.33. The summed E-state index contributed by atoms with van der Waals surface area (Å²) < 4.78 is 0. The van der Waals surface area contributed by atoms with Gasteiger partial charge in [0, 0.05) is 33.5 Å². The predicted molar refractivity (Wildman–Crippen MR) is 248 cm³/mol. The molecule has 9 aromatic carbocycles. The molecule has 2 nitrogen and oxygen atoms in total. The molecule has 0 spiro atoms. The van der Waals surface area contributed by atoms with E-state index in [0.717, 1.165) is 0 Å². The zero-order valence-corrected chi connectivity index (χ0v) is 33.6. The lowest BCUT2D eigenvalue weighted by Crippen LogP contribution is -2.61. The van der Waals surface area contributed by atoms with Crippen LogP contribution in [0.5, 0.6) is 0 Å². The van der Waals surface area contributed by atoms with Gasteiger partial charge in [0.2, 0.25) is 0 Å². The third-order valence-corrected chi connectivity index (χ3v) is 12.6. The molecule has 0 fully saturated rings. The van der Waals surface area contributed by atoms with Crippen molar-refractivity contribution in [1.29, 1.82) is 0 Å². The Morgan fingerprint density at radius 2 is 0.719 bits per heavy atom. The van der Waals surface area contributed by atoms with Gasteiger partial charge < -0.3 is 9.80 Å².